The van der Waals surface area contributed by atoms with E-state index >= 15 is 0 Å². The molecule has 0 saturated heterocycles. The van der Waals surface area contributed by atoms with Crippen LogP contribution in [0.15, 0.2) is 40.7 Å². The topological polar surface area (TPSA) is 73.9 Å². The van der Waals surface area contributed by atoms with Crippen LogP contribution in [0.25, 0.3) is 0 Å². The van der Waals surface area contributed by atoms with Crippen LogP contribution in [0.5, 0.6) is 5.75 Å². The Morgan fingerprint density at radius 1 is 1.23 bits per heavy atom. The van der Waals surface area contributed by atoms with Gasteiger partial charge in [-0.15, -0.1) is 0 Å². The number of nitrogens with one attached hydrogen (secondary N) is 1. The molecule has 1 heterocycles. The summed E-state index contributed by atoms with van der Waals surface area (Å²) in [6.07, 6.45) is 1.19. The molecule has 0 aromatic heterocycles. The zero-order valence-electron chi connectivity index (χ0n) is 18.7. The smallest absolute Gasteiger partial charge is 0.336 e. The first kappa shape index (κ1) is 22.1. The summed E-state index contributed by atoms with van der Waals surface area (Å²) >= 11 is 0. The highest BCUT2D eigenvalue weighted by Gasteiger charge is 2.43. The molecule has 2 aliphatic rings. The minimum Gasteiger partial charge on any atom is -0.496 e. The van der Waals surface area contributed by atoms with Crippen molar-refractivity contribution in [2.75, 3.05) is 20.8 Å². The minimum atomic E-state index is -0.481. The van der Waals surface area contributed by atoms with E-state index in [1.54, 1.807) is 21.1 Å². The van der Waals surface area contributed by atoms with Gasteiger partial charge in [0, 0.05) is 42.0 Å². The average Bonchev–Trinajstić information content (AvgIpc) is 2.66. The minimum absolute atomic E-state index is 0.0668. The number of hydrogen-bond acceptors (Lipinski definition) is 6. The van der Waals surface area contributed by atoms with Crippen molar-refractivity contribution >= 4 is 11.8 Å². The van der Waals surface area contributed by atoms with Crippen molar-refractivity contribution in [3.8, 4) is 5.75 Å². The first-order valence-electron chi connectivity index (χ1n) is 10.3. The van der Waals surface area contributed by atoms with E-state index in [0.717, 1.165) is 28.9 Å². The molecule has 3 rings (SSSR count). The Morgan fingerprint density at radius 3 is 2.60 bits per heavy atom. The van der Waals surface area contributed by atoms with E-state index in [-0.39, 0.29) is 17.8 Å². The van der Waals surface area contributed by atoms with Gasteiger partial charge in [-0.05, 0) is 43.4 Å². The molecule has 0 fully saturated rings. The molecule has 1 unspecified atom stereocenters. The number of rotatable bonds is 6. The number of methoxy groups -OCH3 is 2. The quantitative estimate of drug-likeness (QED) is 0.711. The number of carbonyl (C=O) groups excluding carboxylic acids is 2. The highest BCUT2D eigenvalue weighted by Crippen LogP contribution is 2.47. The van der Waals surface area contributed by atoms with Gasteiger partial charge in [-0.1, -0.05) is 19.9 Å². The number of dihydropyridines is 1. The summed E-state index contributed by atoms with van der Waals surface area (Å²) in [5.41, 5.74) is 4.36. The first-order valence-corrected chi connectivity index (χ1v) is 10.3. The Labute approximate surface area is 178 Å². The molecule has 162 valence electrons. The molecule has 0 saturated carbocycles. The van der Waals surface area contributed by atoms with Gasteiger partial charge < -0.3 is 19.5 Å². The van der Waals surface area contributed by atoms with Gasteiger partial charge in [0.1, 0.15) is 5.75 Å². The molecule has 1 N–H and O–H groups in total. The standard InChI is InChI=1S/C24H31NO5/c1-7-30-23(27)20-14(2)25-17-11-24(3,4)12-18(26)22(17)21(20)15-8-9-19(29-6)16(10-15)13-28-5/h8-10,21,25H,7,11-13H2,1-6H3. The molecule has 0 amide bonds. The molecular formula is C24H31NO5. The van der Waals surface area contributed by atoms with Crippen molar-refractivity contribution in [3.63, 3.8) is 0 Å². The fourth-order valence-corrected chi connectivity index (χ4v) is 4.50. The van der Waals surface area contributed by atoms with Crippen LogP contribution in [-0.4, -0.2) is 32.6 Å². The van der Waals surface area contributed by atoms with E-state index < -0.39 is 11.9 Å². The number of ketones is 1. The Bertz CT molecular complexity index is 926. The number of Topliss-reactive ketones (excluding diaryl/α,β-unsaturated/α-hetero) is 1. The summed E-state index contributed by atoms with van der Waals surface area (Å²) < 4.78 is 16.1. The summed E-state index contributed by atoms with van der Waals surface area (Å²) in [5.74, 6) is -0.110. The summed E-state index contributed by atoms with van der Waals surface area (Å²) in [4.78, 5) is 26.2. The zero-order chi connectivity index (χ0) is 22.1. The van der Waals surface area contributed by atoms with Crippen LogP contribution in [0.4, 0.5) is 0 Å². The van der Waals surface area contributed by atoms with Crippen LogP contribution in [0.2, 0.25) is 0 Å². The number of carbonyl (C=O) groups is 2. The molecule has 1 aliphatic carbocycles. The molecule has 1 aromatic carbocycles. The van der Waals surface area contributed by atoms with Gasteiger partial charge in [-0.25, -0.2) is 4.79 Å². The molecule has 6 nitrogen and oxygen atoms in total. The number of benzene rings is 1. The lowest BCUT2D eigenvalue weighted by Crippen LogP contribution is -2.38. The molecule has 0 bridgehead atoms. The molecule has 0 radical (unpaired) electrons. The Balaban J connectivity index is 2.20. The predicted octanol–water partition coefficient (Wildman–Crippen LogP) is 4.01. The highest BCUT2D eigenvalue weighted by atomic mass is 16.5. The highest BCUT2D eigenvalue weighted by molar-refractivity contribution is 6.04. The van der Waals surface area contributed by atoms with Crippen LogP contribution in [0.1, 0.15) is 57.6 Å². The third kappa shape index (κ3) is 4.15. The van der Waals surface area contributed by atoms with Crippen molar-refractivity contribution in [2.45, 2.75) is 53.1 Å². The number of esters is 1. The normalized spacial score (nSPS) is 20.6. The van der Waals surface area contributed by atoms with Gasteiger partial charge in [0.25, 0.3) is 0 Å². The second-order valence-electron chi connectivity index (χ2n) is 8.65. The molecular weight excluding hydrogens is 382 g/mol. The molecule has 0 spiro atoms. The third-order valence-electron chi connectivity index (χ3n) is 5.67. The van der Waals surface area contributed by atoms with Crippen LogP contribution < -0.4 is 10.1 Å². The third-order valence-corrected chi connectivity index (χ3v) is 5.67. The molecule has 1 atom stereocenters. The molecule has 1 aliphatic heterocycles. The SMILES string of the molecule is CCOC(=O)C1=C(C)NC2=C(C(=O)CC(C)(C)C2)C1c1ccc(OC)c(COC)c1. The Hall–Kier alpha value is -2.60. The van der Waals surface area contributed by atoms with E-state index in [1.165, 1.54) is 0 Å². The monoisotopic (exact) mass is 413 g/mol. The van der Waals surface area contributed by atoms with Gasteiger partial charge in [0.2, 0.25) is 0 Å². The van der Waals surface area contributed by atoms with E-state index in [0.29, 0.717) is 29.9 Å². The van der Waals surface area contributed by atoms with Crippen LogP contribution in [0, 0.1) is 5.41 Å². The Kier molecular flexibility index (Phi) is 6.36. The predicted molar refractivity (Wildman–Crippen MR) is 114 cm³/mol. The summed E-state index contributed by atoms with van der Waals surface area (Å²) in [7, 11) is 3.23. The van der Waals surface area contributed by atoms with Crippen LogP contribution in [0.3, 0.4) is 0 Å². The summed E-state index contributed by atoms with van der Waals surface area (Å²) in [6, 6.07) is 5.74. The van der Waals surface area contributed by atoms with Crippen molar-refractivity contribution < 1.29 is 23.8 Å². The molecule has 1 aromatic rings. The Morgan fingerprint density at radius 2 is 1.97 bits per heavy atom. The zero-order valence-corrected chi connectivity index (χ0v) is 18.7. The van der Waals surface area contributed by atoms with Gasteiger partial charge in [0.15, 0.2) is 5.78 Å². The summed E-state index contributed by atoms with van der Waals surface area (Å²) in [5, 5.41) is 3.34. The van der Waals surface area contributed by atoms with Gasteiger partial charge in [0.05, 0.1) is 25.9 Å². The molecule has 30 heavy (non-hydrogen) atoms. The van der Waals surface area contributed by atoms with E-state index in [1.807, 2.05) is 25.1 Å². The largest absolute Gasteiger partial charge is 0.496 e. The summed E-state index contributed by atoms with van der Waals surface area (Å²) in [6.45, 7) is 8.47. The maximum absolute atomic E-state index is 13.3. The van der Waals surface area contributed by atoms with Crippen molar-refractivity contribution in [1.29, 1.82) is 0 Å². The second kappa shape index (κ2) is 8.64. The fraction of sp³-hybridized carbons (Fsp3) is 0.500. The maximum Gasteiger partial charge on any atom is 0.336 e. The number of hydrogen-bond donors (Lipinski definition) is 1. The number of allylic oxidation sites excluding steroid dienone is 3. The van der Waals surface area contributed by atoms with E-state index in [2.05, 4.69) is 19.2 Å². The lowest BCUT2D eigenvalue weighted by atomic mass is 9.68. The van der Waals surface area contributed by atoms with Gasteiger partial charge in [-0.3, -0.25) is 4.79 Å². The van der Waals surface area contributed by atoms with Gasteiger partial charge in [-0.2, -0.15) is 0 Å². The second-order valence-corrected chi connectivity index (χ2v) is 8.65. The lowest BCUT2D eigenvalue weighted by molar-refractivity contribution is -0.138. The molecule has 6 heteroatoms. The van der Waals surface area contributed by atoms with Crippen molar-refractivity contribution in [2.24, 2.45) is 5.41 Å². The van der Waals surface area contributed by atoms with Gasteiger partial charge >= 0.3 is 5.97 Å². The van der Waals surface area contributed by atoms with Crippen LogP contribution in [-0.2, 0) is 25.7 Å². The lowest BCUT2D eigenvalue weighted by Gasteiger charge is -2.39. The van der Waals surface area contributed by atoms with E-state index in [4.69, 9.17) is 14.2 Å². The van der Waals surface area contributed by atoms with Crippen molar-refractivity contribution in [3.05, 3.63) is 51.9 Å². The van der Waals surface area contributed by atoms with E-state index in [9.17, 15) is 9.59 Å². The number of ether oxygens (including phenoxy) is 3. The maximum atomic E-state index is 13.3. The van der Waals surface area contributed by atoms with Crippen molar-refractivity contribution in [1.82, 2.24) is 5.32 Å². The fourth-order valence-electron chi connectivity index (χ4n) is 4.50. The average molecular weight is 414 g/mol. The first-order chi connectivity index (χ1) is 14.2. The van der Waals surface area contributed by atoms with Crippen LogP contribution >= 0.6 is 0 Å².